The molecule has 2 aliphatic heterocycles. The zero-order valence-corrected chi connectivity index (χ0v) is 31.1. The van der Waals surface area contributed by atoms with Gasteiger partial charge in [0.05, 0.1) is 70.6 Å². The van der Waals surface area contributed by atoms with E-state index in [4.69, 9.17) is 33.5 Å². The molecule has 1 aromatic carbocycles. The average Bonchev–Trinajstić information content (AvgIpc) is 3.92. The van der Waals surface area contributed by atoms with Crippen molar-refractivity contribution in [3.8, 4) is 28.8 Å². The molecule has 2 saturated heterocycles. The zero-order valence-electron chi connectivity index (χ0n) is 31.1. The molecule has 0 spiro atoms. The first kappa shape index (κ1) is 37.6. The zero-order chi connectivity index (χ0) is 37.1. The van der Waals surface area contributed by atoms with Gasteiger partial charge in [-0.1, -0.05) is 6.07 Å². The van der Waals surface area contributed by atoms with E-state index in [1.807, 2.05) is 29.9 Å². The van der Waals surface area contributed by atoms with E-state index in [9.17, 15) is 5.26 Å². The van der Waals surface area contributed by atoms with Gasteiger partial charge in [0.1, 0.15) is 42.9 Å². The Kier molecular flexibility index (Phi) is 13.0. The lowest BCUT2D eigenvalue weighted by atomic mass is 9.89. The fraction of sp³-hybridized carbons (Fsp3) is 0.579. The summed E-state index contributed by atoms with van der Waals surface area (Å²) in [6.07, 6.45) is 15.3. The Hall–Kier alpha value is -4.66. The molecule has 16 nitrogen and oxygen atoms in total. The molecule has 4 aromatic rings. The molecule has 3 fully saturated rings. The number of fused-ring (bicyclic) bond motifs is 2. The van der Waals surface area contributed by atoms with Gasteiger partial charge in [-0.05, 0) is 63.1 Å². The highest BCUT2D eigenvalue weighted by atomic mass is 16.6. The number of nitrogens with zero attached hydrogens (tertiary/aromatic N) is 9. The molecule has 288 valence electrons. The topological polar surface area (TPSA) is 169 Å². The molecular weight excluding hydrogens is 692 g/mol. The third-order valence-electron chi connectivity index (χ3n) is 10.3. The van der Waals surface area contributed by atoms with Crippen LogP contribution in [0.1, 0.15) is 57.1 Å². The van der Waals surface area contributed by atoms with E-state index in [1.54, 1.807) is 36.6 Å². The van der Waals surface area contributed by atoms with Crippen molar-refractivity contribution in [2.45, 2.75) is 82.3 Å². The number of hydrogen-bond donors (Lipinski definition) is 1. The molecule has 7 rings (SSSR count). The summed E-state index contributed by atoms with van der Waals surface area (Å²) in [6, 6.07) is 9.69. The Balaban J connectivity index is 0.999. The molecule has 54 heavy (non-hydrogen) atoms. The van der Waals surface area contributed by atoms with Crippen molar-refractivity contribution >= 4 is 11.6 Å². The van der Waals surface area contributed by atoms with E-state index in [-0.39, 0.29) is 12.1 Å². The Morgan fingerprint density at radius 1 is 0.907 bits per heavy atom. The molecule has 3 atom stereocenters. The smallest absolute Gasteiger partial charge is 0.257 e. The summed E-state index contributed by atoms with van der Waals surface area (Å²) in [7, 11) is 1.65. The fourth-order valence-corrected chi connectivity index (χ4v) is 7.69. The van der Waals surface area contributed by atoms with Crippen LogP contribution in [-0.4, -0.2) is 124 Å². The second-order valence-electron chi connectivity index (χ2n) is 14.0. The first-order chi connectivity index (χ1) is 26.6. The molecule has 3 aliphatic rings. The van der Waals surface area contributed by atoms with Crippen LogP contribution >= 0.6 is 0 Å². The standard InChI is InChI=1S/C38H50N10O6/c1-27(21-46-26-40-25-43-46)54-36-17-28(3-4-29(36)18-39)30-19-41-38(42-20-30)44-35-22-47(45-37(35)53-16-15-51-14-13-50-12-11-49-2)31-5-7-32(8-6-31)48-33-9-10-34(48)24-52-23-33/h3-4,17,19-20,22,25-27,31-34H,5-16,21,23-24H2,1-2H3,(H,41,42,44)/t27-,31-,32-,33-,34+/m0/s1. The summed E-state index contributed by atoms with van der Waals surface area (Å²) in [5.74, 6) is 1.36. The van der Waals surface area contributed by atoms with Gasteiger partial charge < -0.3 is 33.7 Å². The summed E-state index contributed by atoms with van der Waals surface area (Å²) in [6.45, 7) is 6.93. The van der Waals surface area contributed by atoms with Crippen molar-refractivity contribution in [3.63, 3.8) is 0 Å². The van der Waals surface area contributed by atoms with E-state index in [0.717, 1.165) is 50.0 Å². The van der Waals surface area contributed by atoms with Gasteiger partial charge in [0.25, 0.3) is 5.88 Å². The molecule has 0 amide bonds. The SMILES string of the molecule is COCCOCCOCCOc1nn([C@H]2CC[C@H](N3[C@@H]4CC[C@H]3COC4)CC2)cc1Nc1ncc(-c2ccc(C#N)c(O[C@@H](C)Cn3cncn3)c2)cn1. The lowest BCUT2D eigenvalue weighted by molar-refractivity contribution is -0.0458. The van der Waals surface area contributed by atoms with Crippen LogP contribution < -0.4 is 14.8 Å². The summed E-state index contributed by atoms with van der Waals surface area (Å²) in [4.78, 5) is 16.0. The Morgan fingerprint density at radius 3 is 2.31 bits per heavy atom. The first-order valence-corrected chi connectivity index (χ1v) is 18.9. The van der Waals surface area contributed by atoms with Crippen LogP contribution in [0.3, 0.4) is 0 Å². The molecule has 5 heterocycles. The van der Waals surface area contributed by atoms with Crippen molar-refractivity contribution in [1.82, 2.24) is 39.4 Å². The molecule has 2 bridgehead atoms. The number of ether oxygens (including phenoxy) is 6. The lowest BCUT2D eigenvalue weighted by Gasteiger charge is -2.43. The van der Waals surface area contributed by atoms with Crippen LogP contribution in [0, 0.1) is 11.3 Å². The average molecular weight is 743 g/mol. The Morgan fingerprint density at radius 2 is 1.61 bits per heavy atom. The maximum atomic E-state index is 9.72. The largest absolute Gasteiger partial charge is 0.487 e. The first-order valence-electron chi connectivity index (χ1n) is 18.9. The van der Waals surface area contributed by atoms with Crippen LogP contribution in [-0.2, 0) is 25.5 Å². The van der Waals surface area contributed by atoms with Crippen LogP contribution in [0.15, 0.2) is 49.4 Å². The minimum atomic E-state index is -0.240. The highest BCUT2D eigenvalue weighted by molar-refractivity contribution is 5.67. The van der Waals surface area contributed by atoms with Gasteiger partial charge in [0, 0.05) is 43.2 Å². The lowest BCUT2D eigenvalue weighted by Crippen LogP contribution is -2.52. The molecule has 0 radical (unpaired) electrons. The van der Waals surface area contributed by atoms with E-state index in [0.29, 0.717) is 93.1 Å². The van der Waals surface area contributed by atoms with E-state index >= 15 is 0 Å². The predicted octanol–water partition coefficient (Wildman–Crippen LogP) is 4.42. The van der Waals surface area contributed by atoms with Crippen molar-refractivity contribution in [3.05, 3.63) is 55.0 Å². The number of morpholine rings is 1. The fourth-order valence-electron chi connectivity index (χ4n) is 7.69. The Labute approximate surface area is 315 Å². The Bertz CT molecular complexity index is 1770. The predicted molar refractivity (Wildman–Crippen MR) is 198 cm³/mol. The maximum Gasteiger partial charge on any atom is 0.257 e. The number of rotatable bonds is 19. The quantitative estimate of drug-likeness (QED) is 0.134. The van der Waals surface area contributed by atoms with Gasteiger partial charge in [0.2, 0.25) is 5.95 Å². The van der Waals surface area contributed by atoms with Crippen LogP contribution in [0.5, 0.6) is 11.6 Å². The van der Waals surface area contributed by atoms with Crippen LogP contribution in [0.4, 0.5) is 11.6 Å². The molecule has 1 aliphatic carbocycles. The summed E-state index contributed by atoms with van der Waals surface area (Å²) in [5.41, 5.74) is 2.73. The van der Waals surface area contributed by atoms with E-state index in [1.165, 1.54) is 19.2 Å². The summed E-state index contributed by atoms with van der Waals surface area (Å²) < 4.78 is 38.1. The monoisotopic (exact) mass is 742 g/mol. The second-order valence-corrected chi connectivity index (χ2v) is 14.0. The third-order valence-corrected chi connectivity index (χ3v) is 10.3. The third kappa shape index (κ3) is 9.52. The molecule has 3 aromatic heterocycles. The van der Waals surface area contributed by atoms with Gasteiger partial charge >= 0.3 is 0 Å². The van der Waals surface area contributed by atoms with E-state index < -0.39 is 0 Å². The highest BCUT2D eigenvalue weighted by Gasteiger charge is 2.42. The molecular formula is C38H50N10O6. The van der Waals surface area contributed by atoms with Crippen molar-refractivity contribution in [2.24, 2.45) is 0 Å². The van der Waals surface area contributed by atoms with Gasteiger partial charge in [-0.25, -0.2) is 19.6 Å². The summed E-state index contributed by atoms with van der Waals surface area (Å²) >= 11 is 0. The van der Waals surface area contributed by atoms with Crippen LogP contribution in [0.2, 0.25) is 0 Å². The number of benzene rings is 1. The minimum Gasteiger partial charge on any atom is -0.487 e. The number of aromatic nitrogens is 7. The number of nitriles is 1. The molecule has 1 N–H and O–H groups in total. The number of methoxy groups -OCH3 is 1. The van der Waals surface area contributed by atoms with E-state index in [2.05, 4.69) is 36.3 Å². The number of hydrogen-bond acceptors (Lipinski definition) is 14. The van der Waals surface area contributed by atoms with Crippen molar-refractivity contribution in [2.75, 3.05) is 65.3 Å². The molecule has 1 saturated carbocycles. The molecule has 0 unspecified atom stereocenters. The second kappa shape index (κ2) is 18.6. The van der Waals surface area contributed by atoms with Gasteiger partial charge in [-0.3, -0.25) is 9.58 Å². The normalized spacial score (nSPS) is 21.8. The number of nitrogens with one attached hydrogen (secondary N) is 1. The van der Waals surface area contributed by atoms with Gasteiger partial charge in [0.15, 0.2) is 0 Å². The maximum absolute atomic E-state index is 9.72. The minimum absolute atomic E-state index is 0.240. The van der Waals surface area contributed by atoms with Crippen LogP contribution in [0.25, 0.3) is 11.1 Å². The van der Waals surface area contributed by atoms with Crippen molar-refractivity contribution in [1.29, 1.82) is 5.26 Å². The summed E-state index contributed by atoms with van der Waals surface area (Å²) in [5, 5.41) is 22.1. The molecule has 16 heteroatoms. The van der Waals surface area contributed by atoms with Gasteiger partial charge in [-0.15, -0.1) is 5.10 Å². The number of anilines is 2. The highest BCUT2D eigenvalue weighted by Crippen LogP contribution is 2.39. The van der Waals surface area contributed by atoms with Crippen molar-refractivity contribution < 1.29 is 28.4 Å². The van der Waals surface area contributed by atoms with Gasteiger partial charge in [-0.2, -0.15) is 10.4 Å².